The zero-order chi connectivity index (χ0) is 13.9. The number of benzene rings is 1. The van der Waals surface area contributed by atoms with Gasteiger partial charge < -0.3 is 5.11 Å². The second-order valence-corrected chi connectivity index (χ2v) is 5.90. The van der Waals surface area contributed by atoms with Crippen LogP contribution in [0, 0.1) is 0 Å². The Hall–Kier alpha value is -0.570. The molecule has 1 N–H and O–H groups in total. The van der Waals surface area contributed by atoms with Gasteiger partial charge in [0.15, 0.2) is 0 Å². The summed E-state index contributed by atoms with van der Waals surface area (Å²) in [5, 5.41) is 11.6. The highest BCUT2D eigenvalue weighted by atomic mass is 35.5. The summed E-state index contributed by atoms with van der Waals surface area (Å²) >= 11 is 6.06. The summed E-state index contributed by atoms with van der Waals surface area (Å²) in [6, 6.07) is 7.64. The molecule has 1 unspecified atom stereocenters. The van der Waals surface area contributed by atoms with Crippen molar-refractivity contribution in [3.63, 3.8) is 0 Å². The van der Waals surface area contributed by atoms with Gasteiger partial charge in [0.2, 0.25) is 0 Å². The van der Waals surface area contributed by atoms with E-state index in [1.54, 1.807) is 0 Å². The molecule has 1 aliphatic heterocycles. The topological polar surface area (TPSA) is 23.5 Å². The average molecular weight is 282 g/mol. The van der Waals surface area contributed by atoms with Crippen LogP contribution in [0.25, 0.3) is 0 Å². The summed E-state index contributed by atoms with van der Waals surface area (Å²) < 4.78 is 0. The van der Waals surface area contributed by atoms with Gasteiger partial charge >= 0.3 is 0 Å². The van der Waals surface area contributed by atoms with Crippen LogP contribution >= 0.6 is 11.6 Å². The summed E-state index contributed by atoms with van der Waals surface area (Å²) in [7, 11) is 0. The molecule has 2 rings (SSSR count). The van der Waals surface area contributed by atoms with E-state index >= 15 is 0 Å². The highest BCUT2D eigenvalue weighted by Crippen LogP contribution is 2.39. The molecule has 0 amide bonds. The molecule has 0 aliphatic carbocycles. The van der Waals surface area contributed by atoms with Crippen LogP contribution in [0.1, 0.15) is 51.2 Å². The van der Waals surface area contributed by atoms with Crippen molar-refractivity contribution in [2.45, 2.75) is 51.2 Å². The maximum atomic E-state index is 10.9. The largest absolute Gasteiger partial charge is 0.386 e. The van der Waals surface area contributed by atoms with Gasteiger partial charge in [-0.1, -0.05) is 37.6 Å². The van der Waals surface area contributed by atoms with E-state index in [1.165, 1.54) is 12.8 Å². The maximum Gasteiger partial charge on any atom is 0.0973 e. The highest BCUT2D eigenvalue weighted by Gasteiger charge is 2.41. The van der Waals surface area contributed by atoms with Crippen molar-refractivity contribution in [2.24, 2.45) is 0 Å². The Morgan fingerprint density at radius 3 is 2.42 bits per heavy atom. The molecule has 1 aromatic carbocycles. The third kappa shape index (κ3) is 2.81. The minimum absolute atomic E-state index is 0.152. The Morgan fingerprint density at radius 2 is 1.89 bits per heavy atom. The Balaban J connectivity index is 2.32. The second-order valence-electron chi connectivity index (χ2n) is 5.46. The van der Waals surface area contributed by atoms with Crippen molar-refractivity contribution >= 4 is 11.6 Å². The number of aliphatic hydroxyl groups is 1. The van der Waals surface area contributed by atoms with Gasteiger partial charge in [0.1, 0.15) is 0 Å². The number of rotatable bonds is 5. The fourth-order valence-electron chi connectivity index (χ4n) is 3.41. The van der Waals surface area contributed by atoms with Gasteiger partial charge in [0.25, 0.3) is 0 Å². The van der Waals surface area contributed by atoms with Crippen LogP contribution in [0.4, 0.5) is 0 Å². The molecular formula is C16H24ClNO. The Labute approximate surface area is 121 Å². The van der Waals surface area contributed by atoms with Crippen molar-refractivity contribution in [3.05, 3.63) is 34.9 Å². The van der Waals surface area contributed by atoms with Gasteiger partial charge in [0, 0.05) is 5.02 Å². The molecular weight excluding hydrogens is 258 g/mol. The van der Waals surface area contributed by atoms with Crippen molar-refractivity contribution in [2.75, 3.05) is 13.1 Å². The van der Waals surface area contributed by atoms with Crippen LogP contribution in [0.2, 0.25) is 5.02 Å². The van der Waals surface area contributed by atoms with Crippen molar-refractivity contribution in [1.82, 2.24) is 4.90 Å². The summed E-state index contributed by atoms with van der Waals surface area (Å²) in [5.74, 6) is 0. The molecule has 1 fully saturated rings. The average Bonchev–Trinajstić information content (AvgIpc) is 2.95. The van der Waals surface area contributed by atoms with E-state index in [0.717, 1.165) is 31.5 Å². The predicted molar refractivity (Wildman–Crippen MR) is 80.5 cm³/mol. The summed E-state index contributed by atoms with van der Waals surface area (Å²) in [4.78, 5) is 2.47. The number of halogens is 1. The van der Waals surface area contributed by atoms with E-state index in [2.05, 4.69) is 18.7 Å². The van der Waals surface area contributed by atoms with Crippen molar-refractivity contribution in [3.8, 4) is 0 Å². The lowest BCUT2D eigenvalue weighted by molar-refractivity contribution is -0.0294. The zero-order valence-corrected chi connectivity index (χ0v) is 12.7. The zero-order valence-electron chi connectivity index (χ0n) is 11.9. The standard InChI is InChI=1S/C16H24ClNO/c1-3-16(4-2,18-10-5-6-11-18)15(19)13-8-7-9-14(17)12-13/h7-9,12,15,19H,3-6,10-11H2,1-2H3. The third-order valence-electron chi connectivity index (χ3n) is 4.63. The normalized spacial score (nSPS) is 18.7. The lowest BCUT2D eigenvalue weighted by Gasteiger charge is -2.44. The second kappa shape index (κ2) is 6.25. The predicted octanol–water partition coefficient (Wildman–Crippen LogP) is 4.03. The van der Waals surface area contributed by atoms with Gasteiger partial charge in [-0.25, -0.2) is 0 Å². The minimum Gasteiger partial charge on any atom is -0.386 e. The Morgan fingerprint density at radius 1 is 1.26 bits per heavy atom. The lowest BCUT2D eigenvalue weighted by Crippen LogP contribution is -2.51. The monoisotopic (exact) mass is 281 g/mol. The highest BCUT2D eigenvalue weighted by molar-refractivity contribution is 6.30. The van der Waals surface area contributed by atoms with E-state index in [9.17, 15) is 5.11 Å². The smallest absolute Gasteiger partial charge is 0.0973 e. The van der Waals surface area contributed by atoms with Crippen LogP contribution in [0.3, 0.4) is 0 Å². The number of hydrogen-bond acceptors (Lipinski definition) is 2. The van der Waals surface area contributed by atoms with Crippen molar-refractivity contribution in [1.29, 1.82) is 0 Å². The van der Waals surface area contributed by atoms with Crippen LogP contribution in [-0.4, -0.2) is 28.6 Å². The van der Waals surface area contributed by atoms with Gasteiger partial charge in [-0.15, -0.1) is 0 Å². The first kappa shape index (κ1) is 14.8. The molecule has 0 bridgehead atoms. The number of hydrogen-bond donors (Lipinski definition) is 1. The van der Waals surface area contributed by atoms with Crippen LogP contribution in [0.15, 0.2) is 24.3 Å². The fourth-order valence-corrected chi connectivity index (χ4v) is 3.60. The molecule has 0 radical (unpaired) electrons. The third-order valence-corrected chi connectivity index (χ3v) is 4.87. The first-order valence-corrected chi connectivity index (χ1v) is 7.70. The van der Waals surface area contributed by atoms with E-state index in [1.807, 2.05) is 24.3 Å². The molecule has 19 heavy (non-hydrogen) atoms. The van der Waals surface area contributed by atoms with Crippen LogP contribution < -0.4 is 0 Å². The number of aliphatic hydroxyl groups excluding tert-OH is 1. The first-order chi connectivity index (χ1) is 9.14. The first-order valence-electron chi connectivity index (χ1n) is 7.32. The summed E-state index contributed by atoms with van der Waals surface area (Å²) in [6.07, 6.45) is 3.92. The molecule has 1 aromatic rings. The molecule has 106 valence electrons. The molecule has 1 atom stereocenters. The molecule has 0 saturated carbocycles. The number of likely N-dealkylation sites (tertiary alicyclic amines) is 1. The van der Waals surface area contributed by atoms with Crippen LogP contribution in [-0.2, 0) is 0 Å². The van der Waals surface area contributed by atoms with Gasteiger partial charge in [-0.2, -0.15) is 0 Å². The number of nitrogens with zero attached hydrogens (tertiary/aromatic N) is 1. The maximum absolute atomic E-state index is 10.9. The molecule has 3 heteroatoms. The molecule has 1 saturated heterocycles. The van der Waals surface area contributed by atoms with Gasteiger partial charge in [-0.3, -0.25) is 4.90 Å². The Kier molecular flexibility index (Phi) is 4.88. The quantitative estimate of drug-likeness (QED) is 0.881. The molecule has 0 spiro atoms. The molecule has 2 nitrogen and oxygen atoms in total. The van der Waals surface area contributed by atoms with Gasteiger partial charge in [-0.05, 0) is 56.5 Å². The van der Waals surface area contributed by atoms with Gasteiger partial charge in [0.05, 0.1) is 11.6 Å². The van der Waals surface area contributed by atoms with Crippen LogP contribution in [0.5, 0.6) is 0 Å². The van der Waals surface area contributed by atoms with Crippen molar-refractivity contribution < 1.29 is 5.11 Å². The fraction of sp³-hybridized carbons (Fsp3) is 0.625. The van der Waals surface area contributed by atoms with E-state index in [4.69, 9.17) is 11.6 Å². The molecule has 1 aliphatic rings. The summed E-state index contributed by atoms with van der Waals surface area (Å²) in [5.41, 5.74) is 0.782. The van der Waals surface area contributed by atoms with E-state index in [0.29, 0.717) is 5.02 Å². The minimum atomic E-state index is -0.473. The summed E-state index contributed by atoms with van der Waals surface area (Å²) in [6.45, 7) is 6.55. The lowest BCUT2D eigenvalue weighted by atomic mass is 9.81. The van der Waals surface area contributed by atoms with E-state index < -0.39 is 6.10 Å². The molecule has 0 aromatic heterocycles. The van der Waals surface area contributed by atoms with E-state index in [-0.39, 0.29) is 5.54 Å². The SMILES string of the molecule is CCC(CC)(C(O)c1cccc(Cl)c1)N1CCCC1. The molecule has 1 heterocycles. The Bertz CT molecular complexity index is 411.